The summed E-state index contributed by atoms with van der Waals surface area (Å²) in [4.78, 5) is 24.8. The molecule has 1 amide bonds. The fourth-order valence-corrected chi connectivity index (χ4v) is 6.55. The summed E-state index contributed by atoms with van der Waals surface area (Å²) in [6.07, 6.45) is -3.90. The van der Waals surface area contributed by atoms with Crippen LogP contribution in [0.2, 0.25) is 0 Å². The van der Waals surface area contributed by atoms with Crippen molar-refractivity contribution in [3.63, 3.8) is 0 Å². The third-order valence-corrected chi connectivity index (χ3v) is 9.04. The number of aromatic nitrogens is 2. The minimum absolute atomic E-state index is 0.128. The lowest BCUT2D eigenvalue weighted by atomic mass is 10.0. The maximum atomic E-state index is 13.9. The van der Waals surface area contributed by atoms with Gasteiger partial charge in [0.15, 0.2) is 0 Å². The van der Waals surface area contributed by atoms with Gasteiger partial charge >= 0.3 is 22.0 Å². The Hall–Kier alpha value is -3.52. The summed E-state index contributed by atoms with van der Waals surface area (Å²) in [5.41, 5.74) is 2.04. The van der Waals surface area contributed by atoms with Crippen LogP contribution < -0.4 is 26.2 Å². The van der Waals surface area contributed by atoms with Gasteiger partial charge in [0.1, 0.15) is 17.1 Å². The van der Waals surface area contributed by atoms with Crippen molar-refractivity contribution < 1.29 is 50.0 Å². The molecule has 1 aliphatic rings. The molecule has 0 saturated heterocycles. The van der Waals surface area contributed by atoms with E-state index < -0.39 is 39.3 Å². The van der Waals surface area contributed by atoms with Crippen LogP contribution in [0.25, 0.3) is 0 Å². The molecule has 0 radical (unpaired) electrons. The molecule has 0 spiro atoms. The minimum Gasteiger partial charge on any atom is -0.491 e. The number of para-hydroxylation sites is 1. The smallest absolute Gasteiger partial charge is 0.421 e. The van der Waals surface area contributed by atoms with Gasteiger partial charge in [-0.25, -0.2) is 14.8 Å². The largest absolute Gasteiger partial charge is 0.491 e. The highest BCUT2D eigenvalue weighted by Gasteiger charge is 2.37. The number of benzene rings is 2. The molecule has 2 unspecified atom stereocenters. The topological polar surface area (TPSA) is 159 Å². The molecule has 2 aromatic carbocycles. The van der Waals surface area contributed by atoms with Gasteiger partial charge in [0.25, 0.3) is 5.91 Å². The minimum atomic E-state index is -4.88. The molecule has 0 bridgehead atoms. The number of hydrogen-bond acceptors (Lipinski definition) is 12. The third kappa shape index (κ3) is 6.70. The van der Waals surface area contributed by atoms with Crippen LogP contribution in [0, 0.1) is 0 Å². The second-order valence-corrected chi connectivity index (χ2v) is 11.6. The van der Waals surface area contributed by atoms with Gasteiger partial charge in [-0.2, -0.15) is 18.2 Å². The van der Waals surface area contributed by atoms with Crippen molar-refractivity contribution in [1.29, 1.82) is 0 Å². The number of carbonyl (C=O) groups is 1. The van der Waals surface area contributed by atoms with Crippen molar-refractivity contribution in [3.05, 3.63) is 59.3 Å². The zero-order chi connectivity index (χ0) is 29.8. The van der Waals surface area contributed by atoms with Crippen LogP contribution in [-0.2, 0) is 39.9 Å². The first-order valence-corrected chi connectivity index (χ1v) is 14.4. The van der Waals surface area contributed by atoms with Gasteiger partial charge in [-0.1, -0.05) is 12.1 Å². The second kappa shape index (κ2) is 12.6. The summed E-state index contributed by atoms with van der Waals surface area (Å²) in [7, 11) is -4.16. The van der Waals surface area contributed by atoms with Crippen molar-refractivity contribution in [1.82, 2.24) is 15.4 Å². The fraction of sp³-hybridized carbons (Fsp3) is 0.261. The van der Waals surface area contributed by atoms with E-state index in [9.17, 15) is 27.1 Å². The van der Waals surface area contributed by atoms with Gasteiger partial charge in [-0.3, -0.25) is 18.8 Å². The molecule has 1 aliphatic heterocycles. The third-order valence-electron chi connectivity index (χ3n) is 5.69. The van der Waals surface area contributed by atoms with Gasteiger partial charge in [-0.05, 0) is 24.3 Å². The molecule has 2 atom stereocenters. The summed E-state index contributed by atoms with van der Waals surface area (Å²) in [6.45, 7) is 0.274. The number of fused-ring (bicyclic) bond motifs is 1. The molecule has 18 heteroatoms. The Morgan fingerprint density at radius 2 is 1.85 bits per heavy atom. The molecule has 0 aliphatic carbocycles. The van der Waals surface area contributed by atoms with Gasteiger partial charge in [0.05, 0.1) is 30.4 Å². The summed E-state index contributed by atoms with van der Waals surface area (Å²) < 4.78 is 87.1. The summed E-state index contributed by atoms with van der Waals surface area (Å²) in [5.74, 6) is -1.13. The molecular weight excluding hydrogens is 593 g/mol. The van der Waals surface area contributed by atoms with Crippen LogP contribution in [0.4, 0.5) is 36.3 Å². The fourth-order valence-electron chi connectivity index (χ4n) is 3.89. The standard InChI is InChI=1S/C23H24F3N5O8P2/c1-35-31-21(32)14-8-9-17(19-13(14)10-11-38-19)29-22-27-12-15(23(24,25)26)20(30-22)28-16-6-4-5-7-18(16)41(34,37-3)39-40(33)36-2/h4-9,12,40H,10-11H2,1-3H3,(H,31,32)(H2,27,28,29,30). The molecule has 13 nitrogen and oxygen atoms in total. The number of alkyl halides is 3. The quantitative estimate of drug-likeness (QED) is 0.201. The number of ether oxygens (including phenoxy) is 1. The molecule has 1 aromatic heterocycles. The molecule has 0 saturated carbocycles. The summed E-state index contributed by atoms with van der Waals surface area (Å²) >= 11 is 0. The van der Waals surface area contributed by atoms with E-state index in [4.69, 9.17) is 13.6 Å². The highest BCUT2D eigenvalue weighted by Crippen LogP contribution is 2.55. The van der Waals surface area contributed by atoms with Crippen LogP contribution in [0.15, 0.2) is 42.6 Å². The monoisotopic (exact) mass is 617 g/mol. The van der Waals surface area contributed by atoms with E-state index in [1.807, 2.05) is 0 Å². The molecule has 41 heavy (non-hydrogen) atoms. The van der Waals surface area contributed by atoms with Gasteiger partial charge < -0.3 is 24.4 Å². The summed E-state index contributed by atoms with van der Waals surface area (Å²) in [6, 6.07) is 8.47. The molecule has 3 N–H and O–H groups in total. The van der Waals surface area contributed by atoms with Crippen LogP contribution >= 0.6 is 15.9 Å². The maximum absolute atomic E-state index is 13.9. The molecule has 0 fully saturated rings. The summed E-state index contributed by atoms with van der Waals surface area (Å²) in [5, 5.41) is 5.13. The lowest BCUT2D eigenvalue weighted by molar-refractivity contribution is -0.137. The first kappa shape index (κ1) is 30.4. The first-order valence-electron chi connectivity index (χ1n) is 11.6. The van der Waals surface area contributed by atoms with E-state index in [0.717, 1.165) is 14.2 Å². The van der Waals surface area contributed by atoms with E-state index in [0.29, 0.717) is 35.2 Å². The lowest BCUT2D eigenvalue weighted by Gasteiger charge is -2.20. The van der Waals surface area contributed by atoms with Crippen molar-refractivity contribution >= 4 is 50.2 Å². The van der Waals surface area contributed by atoms with Crippen molar-refractivity contribution in [2.45, 2.75) is 12.6 Å². The van der Waals surface area contributed by atoms with Gasteiger partial charge in [-0.15, -0.1) is 0 Å². The number of amides is 1. The van der Waals surface area contributed by atoms with Crippen molar-refractivity contribution in [2.75, 3.05) is 38.6 Å². The highest BCUT2D eigenvalue weighted by molar-refractivity contribution is 7.67. The zero-order valence-electron chi connectivity index (χ0n) is 21.7. The number of rotatable bonds is 11. The molecule has 220 valence electrons. The number of hydroxylamine groups is 1. The van der Waals surface area contributed by atoms with E-state index in [2.05, 4.69) is 35.4 Å². The lowest BCUT2D eigenvalue weighted by Crippen LogP contribution is -2.23. The normalized spacial score (nSPS) is 14.9. The maximum Gasteiger partial charge on any atom is 0.421 e. The average Bonchev–Trinajstić information content (AvgIpc) is 3.43. The van der Waals surface area contributed by atoms with Crippen LogP contribution in [0.1, 0.15) is 21.5 Å². The Bertz CT molecular complexity index is 1530. The predicted octanol–water partition coefficient (Wildman–Crippen LogP) is 4.73. The Balaban J connectivity index is 1.73. The van der Waals surface area contributed by atoms with Gasteiger partial charge in [0.2, 0.25) is 5.95 Å². The SMILES string of the molecule is CONC(=O)c1ccc(Nc2ncc(C(F)(F)F)c(Nc3ccccc3P(=O)(OC)O[PH](=O)OC)n2)c2c1CCO2. The molecular formula is C23H24F3N5O8P2. The number of carbonyl (C=O) groups excluding carboxylic acids is 1. The Labute approximate surface area is 232 Å². The average molecular weight is 617 g/mol. The van der Waals surface area contributed by atoms with E-state index >= 15 is 0 Å². The van der Waals surface area contributed by atoms with Crippen LogP contribution in [0.5, 0.6) is 5.75 Å². The van der Waals surface area contributed by atoms with E-state index in [1.54, 1.807) is 0 Å². The Morgan fingerprint density at radius 1 is 1.10 bits per heavy atom. The number of halogens is 3. The number of nitrogens with zero attached hydrogens (tertiary/aromatic N) is 2. The van der Waals surface area contributed by atoms with Crippen LogP contribution in [0.3, 0.4) is 0 Å². The molecule has 4 rings (SSSR count). The number of anilines is 4. The number of hydrogen-bond donors (Lipinski definition) is 3. The van der Waals surface area contributed by atoms with Crippen molar-refractivity contribution in [3.8, 4) is 5.75 Å². The highest BCUT2D eigenvalue weighted by atomic mass is 31.2. The Kier molecular flexibility index (Phi) is 9.32. The molecule has 3 aromatic rings. The van der Waals surface area contributed by atoms with E-state index in [-0.39, 0.29) is 23.5 Å². The Morgan fingerprint density at radius 3 is 2.54 bits per heavy atom. The van der Waals surface area contributed by atoms with Gasteiger partial charge in [0, 0.05) is 38.0 Å². The zero-order valence-corrected chi connectivity index (χ0v) is 23.6. The number of nitrogens with one attached hydrogen (secondary N) is 3. The molecule has 2 heterocycles. The first-order chi connectivity index (χ1) is 19.5. The van der Waals surface area contributed by atoms with E-state index in [1.165, 1.54) is 43.5 Å². The second-order valence-electron chi connectivity index (χ2n) is 8.15. The predicted molar refractivity (Wildman–Crippen MR) is 142 cm³/mol. The van der Waals surface area contributed by atoms with Crippen molar-refractivity contribution in [2.24, 2.45) is 0 Å². The van der Waals surface area contributed by atoms with Crippen LogP contribution in [-0.4, -0.2) is 43.8 Å².